The molecule has 1 aromatic heterocycles. The fourth-order valence-electron chi connectivity index (χ4n) is 2.51. The Morgan fingerprint density at radius 3 is 2.95 bits per heavy atom. The summed E-state index contributed by atoms with van der Waals surface area (Å²) in [6, 6.07) is 8.90. The van der Waals surface area contributed by atoms with Gasteiger partial charge in [0, 0.05) is 23.8 Å². The molecule has 1 aliphatic heterocycles. The number of aromatic nitrogens is 1. The molecule has 21 heavy (non-hydrogen) atoms. The Morgan fingerprint density at radius 2 is 2.24 bits per heavy atom. The molecule has 3 rings (SSSR count). The highest BCUT2D eigenvalue weighted by Crippen LogP contribution is 2.36. The molecule has 1 unspecified atom stereocenters. The van der Waals surface area contributed by atoms with Gasteiger partial charge in [0.2, 0.25) is 5.91 Å². The Balaban J connectivity index is 1.81. The van der Waals surface area contributed by atoms with Crippen LogP contribution in [-0.4, -0.2) is 16.8 Å². The molecule has 2 N–H and O–H groups in total. The number of benzene rings is 1. The second-order valence-corrected chi connectivity index (χ2v) is 4.95. The van der Waals surface area contributed by atoms with Gasteiger partial charge in [-0.2, -0.15) is 0 Å². The van der Waals surface area contributed by atoms with E-state index in [4.69, 9.17) is 0 Å². The summed E-state index contributed by atoms with van der Waals surface area (Å²) in [5.74, 6) is -0.300. The van der Waals surface area contributed by atoms with E-state index >= 15 is 0 Å². The molecule has 1 aromatic carbocycles. The molecule has 0 radical (unpaired) electrons. The van der Waals surface area contributed by atoms with Gasteiger partial charge in [0.1, 0.15) is 0 Å². The maximum Gasteiger partial charge on any atom is 0.257 e. The van der Waals surface area contributed by atoms with E-state index in [-0.39, 0.29) is 17.7 Å². The number of amides is 2. The van der Waals surface area contributed by atoms with Crippen molar-refractivity contribution in [3.63, 3.8) is 0 Å². The summed E-state index contributed by atoms with van der Waals surface area (Å²) >= 11 is 0. The Labute approximate surface area is 122 Å². The lowest BCUT2D eigenvalue weighted by atomic mass is 9.98. The van der Waals surface area contributed by atoms with Crippen LogP contribution in [0.2, 0.25) is 0 Å². The summed E-state index contributed by atoms with van der Waals surface area (Å²) in [4.78, 5) is 27.8. The number of hydrogen-bond acceptors (Lipinski definition) is 3. The lowest BCUT2D eigenvalue weighted by Crippen LogP contribution is -2.12. The summed E-state index contributed by atoms with van der Waals surface area (Å²) in [7, 11) is 0. The third-order valence-corrected chi connectivity index (χ3v) is 3.59. The van der Waals surface area contributed by atoms with Crippen molar-refractivity contribution in [2.45, 2.75) is 19.3 Å². The average molecular weight is 281 g/mol. The van der Waals surface area contributed by atoms with Crippen LogP contribution in [0.3, 0.4) is 0 Å². The summed E-state index contributed by atoms with van der Waals surface area (Å²) < 4.78 is 0. The standard InChI is InChI=1S/C16H15N3O2/c1-2-12-13-6-5-11(8-14(13)19-16(12)21)18-15(20)10-4-3-7-17-9-10/h3-9,12H,2H2,1H3,(H,18,20)(H,19,21). The average Bonchev–Trinajstić information content (AvgIpc) is 2.82. The molecule has 1 aliphatic rings. The lowest BCUT2D eigenvalue weighted by molar-refractivity contribution is -0.117. The van der Waals surface area contributed by atoms with Crippen LogP contribution in [0, 0.1) is 0 Å². The van der Waals surface area contributed by atoms with Crippen LogP contribution in [-0.2, 0) is 4.79 Å². The largest absolute Gasteiger partial charge is 0.325 e. The number of rotatable bonds is 3. The molecule has 0 saturated heterocycles. The van der Waals surface area contributed by atoms with Crippen LogP contribution in [0.15, 0.2) is 42.7 Å². The Kier molecular flexibility index (Phi) is 3.39. The van der Waals surface area contributed by atoms with E-state index in [1.165, 1.54) is 6.20 Å². The maximum absolute atomic E-state index is 12.1. The van der Waals surface area contributed by atoms with E-state index in [9.17, 15) is 9.59 Å². The summed E-state index contributed by atoms with van der Waals surface area (Å²) in [5.41, 5.74) is 2.91. The number of nitrogens with zero attached hydrogens (tertiary/aromatic N) is 1. The minimum absolute atomic E-state index is 0.0169. The molecular weight excluding hydrogens is 266 g/mol. The summed E-state index contributed by atoms with van der Waals surface area (Å²) in [6.45, 7) is 1.98. The van der Waals surface area contributed by atoms with Gasteiger partial charge < -0.3 is 10.6 Å². The zero-order chi connectivity index (χ0) is 14.8. The highest BCUT2D eigenvalue weighted by molar-refractivity contribution is 6.06. The fraction of sp³-hybridized carbons (Fsp3) is 0.188. The number of carbonyl (C=O) groups excluding carboxylic acids is 2. The molecule has 2 heterocycles. The van der Waals surface area contributed by atoms with Crippen molar-refractivity contribution >= 4 is 23.2 Å². The van der Waals surface area contributed by atoms with Crippen molar-refractivity contribution in [3.8, 4) is 0 Å². The number of carbonyl (C=O) groups is 2. The van der Waals surface area contributed by atoms with Crippen molar-refractivity contribution in [1.82, 2.24) is 4.98 Å². The van der Waals surface area contributed by atoms with Crippen molar-refractivity contribution in [3.05, 3.63) is 53.9 Å². The van der Waals surface area contributed by atoms with E-state index in [0.717, 1.165) is 17.7 Å². The minimum atomic E-state index is -0.223. The molecule has 0 aliphatic carbocycles. The van der Waals surface area contributed by atoms with Gasteiger partial charge >= 0.3 is 0 Å². The van der Waals surface area contributed by atoms with Crippen molar-refractivity contribution in [2.75, 3.05) is 10.6 Å². The van der Waals surface area contributed by atoms with Gasteiger partial charge in [0.25, 0.3) is 5.91 Å². The smallest absolute Gasteiger partial charge is 0.257 e. The van der Waals surface area contributed by atoms with Crippen molar-refractivity contribution < 1.29 is 9.59 Å². The Morgan fingerprint density at radius 1 is 1.38 bits per heavy atom. The molecular formula is C16H15N3O2. The van der Waals surface area contributed by atoms with Crippen LogP contribution in [0.4, 0.5) is 11.4 Å². The molecule has 0 fully saturated rings. The first-order valence-corrected chi connectivity index (χ1v) is 6.85. The lowest BCUT2D eigenvalue weighted by Gasteiger charge is -2.08. The first-order valence-electron chi connectivity index (χ1n) is 6.85. The van der Waals surface area contributed by atoms with E-state index < -0.39 is 0 Å². The molecule has 0 bridgehead atoms. The number of pyridine rings is 1. The number of hydrogen-bond donors (Lipinski definition) is 2. The Hall–Kier alpha value is -2.69. The van der Waals surface area contributed by atoms with Gasteiger partial charge in [-0.05, 0) is 36.2 Å². The van der Waals surface area contributed by atoms with Gasteiger partial charge in [0.15, 0.2) is 0 Å². The third kappa shape index (κ3) is 2.50. The van der Waals surface area contributed by atoms with Gasteiger partial charge in [-0.1, -0.05) is 13.0 Å². The monoisotopic (exact) mass is 281 g/mol. The fourth-order valence-corrected chi connectivity index (χ4v) is 2.51. The predicted octanol–water partition coefficient (Wildman–Crippen LogP) is 2.78. The van der Waals surface area contributed by atoms with Crippen LogP contribution < -0.4 is 10.6 Å². The van der Waals surface area contributed by atoms with Gasteiger partial charge in [0.05, 0.1) is 11.5 Å². The first kappa shape index (κ1) is 13.3. The second-order valence-electron chi connectivity index (χ2n) is 4.95. The van der Waals surface area contributed by atoms with E-state index in [1.54, 1.807) is 24.4 Å². The van der Waals surface area contributed by atoms with Gasteiger partial charge in [-0.3, -0.25) is 14.6 Å². The topological polar surface area (TPSA) is 71.1 Å². The first-order chi connectivity index (χ1) is 10.2. The highest BCUT2D eigenvalue weighted by atomic mass is 16.2. The maximum atomic E-state index is 12.1. The number of nitrogens with one attached hydrogen (secondary N) is 2. The van der Waals surface area contributed by atoms with Crippen LogP contribution >= 0.6 is 0 Å². The van der Waals surface area contributed by atoms with E-state index in [0.29, 0.717) is 11.3 Å². The second kappa shape index (κ2) is 5.36. The van der Waals surface area contributed by atoms with E-state index in [2.05, 4.69) is 15.6 Å². The SMILES string of the molecule is CCC1C(=O)Nc2cc(NC(=O)c3cccnc3)ccc21. The summed E-state index contributed by atoms with van der Waals surface area (Å²) in [6.07, 6.45) is 3.89. The minimum Gasteiger partial charge on any atom is -0.325 e. The van der Waals surface area contributed by atoms with Crippen LogP contribution in [0.25, 0.3) is 0 Å². The molecule has 0 spiro atoms. The van der Waals surface area contributed by atoms with Gasteiger partial charge in [-0.15, -0.1) is 0 Å². The molecule has 2 amide bonds. The molecule has 106 valence electrons. The number of anilines is 2. The number of fused-ring (bicyclic) bond motifs is 1. The predicted molar refractivity (Wildman–Crippen MR) is 80.3 cm³/mol. The highest BCUT2D eigenvalue weighted by Gasteiger charge is 2.28. The van der Waals surface area contributed by atoms with E-state index in [1.807, 2.05) is 19.1 Å². The quantitative estimate of drug-likeness (QED) is 0.908. The molecule has 5 heteroatoms. The van der Waals surface area contributed by atoms with Crippen molar-refractivity contribution in [1.29, 1.82) is 0 Å². The molecule has 0 saturated carbocycles. The van der Waals surface area contributed by atoms with Crippen LogP contribution in [0.1, 0.15) is 35.2 Å². The zero-order valence-electron chi connectivity index (χ0n) is 11.6. The van der Waals surface area contributed by atoms with Crippen LogP contribution in [0.5, 0.6) is 0 Å². The molecule has 1 atom stereocenters. The van der Waals surface area contributed by atoms with Gasteiger partial charge in [-0.25, -0.2) is 0 Å². The normalized spacial score (nSPS) is 16.2. The molecule has 2 aromatic rings. The third-order valence-electron chi connectivity index (χ3n) is 3.59. The Bertz CT molecular complexity index is 698. The summed E-state index contributed by atoms with van der Waals surface area (Å²) in [5, 5.41) is 5.65. The zero-order valence-corrected chi connectivity index (χ0v) is 11.6. The van der Waals surface area contributed by atoms with Crippen molar-refractivity contribution in [2.24, 2.45) is 0 Å². The molecule has 5 nitrogen and oxygen atoms in total.